The summed E-state index contributed by atoms with van der Waals surface area (Å²) in [6.07, 6.45) is 5.05. The van der Waals surface area contributed by atoms with Crippen molar-refractivity contribution in [2.45, 2.75) is 26.4 Å². The van der Waals surface area contributed by atoms with Gasteiger partial charge in [0.2, 0.25) is 0 Å². The molecule has 0 saturated carbocycles. The zero-order valence-corrected chi connectivity index (χ0v) is 12.7. The van der Waals surface area contributed by atoms with E-state index in [1.807, 2.05) is 13.8 Å². The molecule has 1 aromatic rings. The minimum Gasteiger partial charge on any atom is -0.479 e. The molecule has 0 bridgehead atoms. The van der Waals surface area contributed by atoms with Crippen molar-refractivity contribution in [1.82, 2.24) is 5.32 Å². The Morgan fingerprint density at radius 1 is 1.50 bits per heavy atom. The van der Waals surface area contributed by atoms with Gasteiger partial charge in [0, 0.05) is 12.6 Å². The first-order chi connectivity index (χ1) is 10.4. The number of carbonyl (C=O) groups excluding carboxylic acids is 1. The van der Waals surface area contributed by atoms with Gasteiger partial charge in [-0.25, -0.2) is 9.18 Å². The van der Waals surface area contributed by atoms with E-state index in [9.17, 15) is 14.3 Å². The largest absolute Gasteiger partial charge is 0.479 e. The highest BCUT2D eigenvalue weighted by Crippen LogP contribution is 2.25. The number of aliphatic hydroxyl groups excluding tert-OH is 1. The maximum atomic E-state index is 13.3. The SMILES string of the molecule is C#CCOc1ccc(F)cc1NC(=O)NCC(O)CC(C)C. The van der Waals surface area contributed by atoms with E-state index < -0.39 is 18.0 Å². The van der Waals surface area contributed by atoms with Crippen molar-refractivity contribution < 1.29 is 19.0 Å². The summed E-state index contributed by atoms with van der Waals surface area (Å²) in [5.41, 5.74) is 0.172. The van der Waals surface area contributed by atoms with Crippen LogP contribution in [0.5, 0.6) is 5.75 Å². The molecule has 0 aliphatic rings. The van der Waals surface area contributed by atoms with Gasteiger partial charge in [-0.1, -0.05) is 19.8 Å². The summed E-state index contributed by atoms with van der Waals surface area (Å²) in [6, 6.07) is 3.17. The zero-order chi connectivity index (χ0) is 16.5. The molecular weight excluding hydrogens is 287 g/mol. The number of anilines is 1. The van der Waals surface area contributed by atoms with Crippen LogP contribution in [0.15, 0.2) is 18.2 Å². The quantitative estimate of drug-likeness (QED) is 0.677. The van der Waals surface area contributed by atoms with Gasteiger partial charge in [-0.2, -0.15) is 0 Å². The van der Waals surface area contributed by atoms with Gasteiger partial charge < -0.3 is 20.5 Å². The number of carbonyl (C=O) groups is 1. The lowest BCUT2D eigenvalue weighted by molar-refractivity contribution is 0.148. The zero-order valence-electron chi connectivity index (χ0n) is 12.7. The molecule has 3 N–H and O–H groups in total. The van der Waals surface area contributed by atoms with Gasteiger partial charge in [0.1, 0.15) is 18.2 Å². The molecule has 1 rings (SSSR count). The number of hydrogen-bond acceptors (Lipinski definition) is 3. The molecule has 2 amide bonds. The maximum absolute atomic E-state index is 13.3. The van der Waals surface area contributed by atoms with Gasteiger partial charge in [0.05, 0.1) is 11.8 Å². The summed E-state index contributed by atoms with van der Waals surface area (Å²) in [4.78, 5) is 11.8. The Balaban J connectivity index is 2.59. The smallest absolute Gasteiger partial charge is 0.319 e. The molecule has 0 aliphatic heterocycles. The average molecular weight is 308 g/mol. The second kappa shape index (κ2) is 8.90. The van der Waals surface area contributed by atoms with Crippen molar-refractivity contribution in [3.63, 3.8) is 0 Å². The number of hydrogen-bond donors (Lipinski definition) is 3. The van der Waals surface area contributed by atoms with E-state index in [-0.39, 0.29) is 24.6 Å². The van der Waals surface area contributed by atoms with E-state index >= 15 is 0 Å². The van der Waals surface area contributed by atoms with Crippen molar-refractivity contribution in [3.8, 4) is 18.1 Å². The van der Waals surface area contributed by atoms with Crippen LogP contribution in [0.1, 0.15) is 20.3 Å². The highest BCUT2D eigenvalue weighted by atomic mass is 19.1. The van der Waals surface area contributed by atoms with E-state index in [1.54, 1.807) is 0 Å². The van der Waals surface area contributed by atoms with E-state index in [4.69, 9.17) is 11.2 Å². The Hall–Kier alpha value is -2.26. The highest BCUT2D eigenvalue weighted by molar-refractivity contribution is 5.90. The Morgan fingerprint density at radius 2 is 2.23 bits per heavy atom. The molecule has 0 aromatic heterocycles. The predicted octanol–water partition coefficient (Wildman–Crippen LogP) is 2.37. The second-order valence-corrected chi connectivity index (χ2v) is 5.25. The van der Waals surface area contributed by atoms with Crippen molar-refractivity contribution in [2.75, 3.05) is 18.5 Å². The standard InChI is InChI=1S/C16H21FN2O3/c1-4-7-22-15-6-5-12(17)9-14(15)19-16(21)18-10-13(20)8-11(2)3/h1,5-6,9,11,13,20H,7-8,10H2,2-3H3,(H2,18,19,21). The first-order valence-corrected chi connectivity index (χ1v) is 7.01. The number of ether oxygens (including phenoxy) is 1. The van der Waals surface area contributed by atoms with Crippen LogP contribution in [0.2, 0.25) is 0 Å². The molecule has 1 atom stereocenters. The van der Waals surface area contributed by atoms with Crippen LogP contribution in [-0.2, 0) is 0 Å². The number of aliphatic hydroxyl groups is 1. The third-order valence-electron chi connectivity index (χ3n) is 2.74. The fourth-order valence-corrected chi connectivity index (χ4v) is 1.85. The second-order valence-electron chi connectivity index (χ2n) is 5.25. The summed E-state index contributed by atoms with van der Waals surface area (Å²) in [6.45, 7) is 4.07. The molecule has 1 aromatic carbocycles. The summed E-state index contributed by atoms with van der Waals surface area (Å²) in [5, 5.41) is 14.7. The first kappa shape index (κ1) is 17.8. The molecule has 1 unspecified atom stereocenters. The molecule has 0 saturated heterocycles. The third kappa shape index (κ3) is 6.46. The maximum Gasteiger partial charge on any atom is 0.319 e. The van der Waals surface area contributed by atoms with Crippen molar-refractivity contribution >= 4 is 11.7 Å². The lowest BCUT2D eigenvalue weighted by Gasteiger charge is -2.15. The normalized spacial score (nSPS) is 11.6. The number of rotatable bonds is 7. The Morgan fingerprint density at radius 3 is 2.86 bits per heavy atom. The minimum atomic E-state index is -0.629. The number of halogens is 1. The molecule has 0 aliphatic carbocycles. The predicted molar refractivity (Wildman–Crippen MR) is 83.2 cm³/mol. The number of amides is 2. The highest BCUT2D eigenvalue weighted by Gasteiger charge is 2.12. The van der Waals surface area contributed by atoms with Crippen LogP contribution in [0.3, 0.4) is 0 Å². The number of urea groups is 1. The Bertz CT molecular complexity index is 541. The van der Waals surface area contributed by atoms with Gasteiger partial charge >= 0.3 is 6.03 Å². The van der Waals surface area contributed by atoms with Crippen LogP contribution in [0, 0.1) is 24.1 Å². The van der Waals surface area contributed by atoms with Crippen LogP contribution in [-0.4, -0.2) is 30.4 Å². The van der Waals surface area contributed by atoms with Gasteiger partial charge in [0.25, 0.3) is 0 Å². The summed E-state index contributed by atoms with van der Waals surface area (Å²) < 4.78 is 18.5. The van der Waals surface area contributed by atoms with Gasteiger partial charge in [-0.15, -0.1) is 6.42 Å². The van der Waals surface area contributed by atoms with E-state index in [0.29, 0.717) is 12.3 Å². The monoisotopic (exact) mass is 308 g/mol. The summed E-state index contributed by atoms with van der Waals surface area (Å²) in [7, 11) is 0. The molecule has 5 nitrogen and oxygen atoms in total. The molecule has 0 fully saturated rings. The Kier molecular flexibility index (Phi) is 7.20. The van der Waals surface area contributed by atoms with Crippen LogP contribution < -0.4 is 15.4 Å². The van der Waals surface area contributed by atoms with Gasteiger partial charge in [-0.05, 0) is 24.5 Å². The number of benzene rings is 1. The summed E-state index contributed by atoms with van der Waals surface area (Å²) in [5.74, 6) is 2.38. The molecule has 22 heavy (non-hydrogen) atoms. The average Bonchev–Trinajstić information content (AvgIpc) is 2.43. The van der Waals surface area contributed by atoms with Crippen molar-refractivity contribution in [2.24, 2.45) is 5.92 Å². The van der Waals surface area contributed by atoms with Crippen molar-refractivity contribution in [1.29, 1.82) is 0 Å². The number of nitrogens with one attached hydrogen (secondary N) is 2. The van der Waals surface area contributed by atoms with Crippen LogP contribution >= 0.6 is 0 Å². The molecule has 0 heterocycles. The van der Waals surface area contributed by atoms with E-state index in [2.05, 4.69) is 16.6 Å². The minimum absolute atomic E-state index is 0.00896. The lowest BCUT2D eigenvalue weighted by atomic mass is 10.1. The van der Waals surface area contributed by atoms with Crippen molar-refractivity contribution in [3.05, 3.63) is 24.0 Å². The lowest BCUT2D eigenvalue weighted by Crippen LogP contribution is -2.35. The number of terminal acetylenes is 1. The van der Waals surface area contributed by atoms with Gasteiger partial charge in [0.15, 0.2) is 0 Å². The summed E-state index contributed by atoms with van der Waals surface area (Å²) >= 11 is 0. The molecular formula is C16H21FN2O3. The molecule has 120 valence electrons. The fourth-order valence-electron chi connectivity index (χ4n) is 1.85. The first-order valence-electron chi connectivity index (χ1n) is 7.01. The molecule has 0 radical (unpaired) electrons. The van der Waals surface area contributed by atoms with E-state index in [0.717, 1.165) is 6.07 Å². The topological polar surface area (TPSA) is 70.6 Å². The van der Waals surface area contributed by atoms with Crippen LogP contribution in [0.4, 0.5) is 14.9 Å². The third-order valence-corrected chi connectivity index (χ3v) is 2.74. The van der Waals surface area contributed by atoms with Crippen LogP contribution in [0.25, 0.3) is 0 Å². The molecule has 0 spiro atoms. The molecule has 6 heteroatoms. The van der Waals surface area contributed by atoms with Gasteiger partial charge in [-0.3, -0.25) is 0 Å². The van der Waals surface area contributed by atoms with E-state index in [1.165, 1.54) is 12.1 Å². The fraction of sp³-hybridized carbons (Fsp3) is 0.438. The Labute approximate surface area is 129 Å².